The van der Waals surface area contributed by atoms with Gasteiger partial charge in [0.25, 0.3) is 0 Å². The lowest BCUT2D eigenvalue weighted by Crippen LogP contribution is -2.18. The van der Waals surface area contributed by atoms with E-state index in [-0.39, 0.29) is 16.7 Å². The van der Waals surface area contributed by atoms with Crippen molar-refractivity contribution in [2.75, 3.05) is 0 Å². The number of phenols is 2. The quantitative estimate of drug-likeness (QED) is 0.434. The molecule has 0 aliphatic rings. The molecule has 3 nitrogen and oxygen atoms in total. The Kier molecular flexibility index (Phi) is 8.78. The second kappa shape index (κ2) is 10.3. The van der Waals surface area contributed by atoms with E-state index in [2.05, 4.69) is 20.8 Å². The Morgan fingerprint density at radius 3 is 1.83 bits per heavy atom. The molecule has 0 heterocycles. The van der Waals surface area contributed by atoms with Crippen LogP contribution in [-0.4, -0.2) is 15.4 Å². The van der Waals surface area contributed by atoms with Crippen LogP contribution in [-0.2, 0) is 4.57 Å². The van der Waals surface area contributed by atoms with Crippen molar-refractivity contribution in [2.24, 2.45) is 0 Å². The van der Waals surface area contributed by atoms with Gasteiger partial charge in [-0.3, -0.25) is 4.57 Å². The number of fused-ring (bicyclic) bond motifs is 1. The van der Waals surface area contributed by atoms with Gasteiger partial charge in [-0.1, -0.05) is 52.2 Å². The van der Waals surface area contributed by atoms with E-state index in [9.17, 15) is 4.57 Å². The average Bonchev–Trinajstić information content (AvgIpc) is 2.59. The van der Waals surface area contributed by atoms with Gasteiger partial charge >= 0.3 is 0 Å². The van der Waals surface area contributed by atoms with Gasteiger partial charge in [0.1, 0.15) is 11.5 Å². The molecule has 24 heavy (non-hydrogen) atoms. The van der Waals surface area contributed by atoms with Crippen molar-refractivity contribution in [3.05, 3.63) is 36.4 Å². The predicted octanol–water partition coefficient (Wildman–Crippen LogP) is 6.67. The molecule has 2 N–H and O–H groups in total. The zero-order chi connectivity index (χ0) is 18.0. The van der Waals surface area contributed by atoms with Gasteiger partial charge in [-0.2, -0.15) is 0 Å². The maximum atomic E-state index is 11.0. The van der Waals surface area contributed by atoms with Gasteiger partial charge in [-0.25, -0.2) is 0 Å². The summed E-state index contributed by atoms with van der Waals surface area (Å²) in [7, 11) is 0.349. The number of phenolic OH excluding ortho intramolecular Hbond substituents is 2. The van der Waals surface area contributed by atoms with Crippen molar-refractivity contribution >= 4 is 19.2 Å². The van der Waals surface area contributed by atoms with Crippen molar-refractivity contribution in [1.82, 2.24) is 0 Å². The Labute approximate surface area is 146 Å². The highest BCUT2D eigenvalue weighted by Crippen LogP contribution is 2.36. The van der Waals surface area contributed by atoms with Crippen molar-refractivity contribution in [3.8, 4) is 11.5 Å². The normalized spacial score (nSPS) is 11.3. The van der Waals surface area contributed by atoms with Gasteiger partial charge in [0.05, 0.1) is 5.16 Å². The van der Waals surface area contributed by atoms with Crippen LogP contribution in [0.15, 0.2) is 36.4 Å². The van der Waals surface area contributed by atoms with E-state index in [0.29, 0.717) is 8.46 Å². The molecule has 0 spiro atoms. The molecule has 2 rings (SSSR count). The van der Waals surface area contributed by atoms with Crippen LogP contribution in [0.25, 0.3) is 10.8 Å². The predicted molar refractivity (Wildman–Crippen MR) is 102 cm³/mol. The molecule has 0 aliphatic carbocycles. The lowest BCUT2D eigenvalue weighted by molar-refractivity contribution is 0.454. The highest BCUT2D eigenvalue weighted by atomic mass is 31.1. The van der Waals surface area contributed by atoms with Crippen LogP contribution in [0.3, 0.4) is 0 Å². The summed E-state index contributed by atoms with van der Waals surface area (Å²) >= 11 is 0. The standard InChI is InChI=1S/C10H8O2.C10H21OP/c11-9-3-1-7-2-4-10(12)6-8(7)5-9;1-4-7-8-9-10(5-2,6-3)12-11/h1-6,11-12H;4-9H2,1-3H3. The van der Waals surface area contributed by atoms with Gasteiger partial charge in [-0.05, 0) is 54.3 Å². The Morgan fingerprint density at radius 1 is 0.875 bits per heavy atom. The SMILES string of the molecule is CCCCCC(CC)(CC)P=O.Oc1ccc2ccc(O)cc2c1. The summed E-state index contributed by atoms with van der Waals surface area (Å²) in [6.45, 7) is 6.48. The first-order valence-electron chi connectivity index (χ1n) is 8.76. The van der Waals surface area contributed by atoms with Crippen LogP contribution < -0.4 is 0 Å². The molecule has 0 fully saturated rings. The minimum atomic E-state index is 0.0924. The summed E-state index contributed by atoms with van der Waals surface area (Å²) in [5.41, 5.74) is 0. The van der Waals surface area contributed by atoms with Gasteiger partial charge in [0, 0.05) is 0 Å². The molecule has 0 atom stereocenters. The number of unbranched alkanes of at least 4 members (excludes halogenated alkanes) is 2. The smallest absolute Gasteiger partial charge is 0.162 e. The fraction of sp³-hybridized carbons (Fsp3) is 0.500. The Balaban J connectivity index is 0.000000240. The molecule has 0 saturated carbocycles. The molecule has 0 unspecified atom stereocenters. The molecule has 0 saturated heterocycles. The number of rotatable bonds is 7. The topological polar surface area (TPSA) is 57.5 Å². The molecular weight excluding hydrogens is 319 g/mol. The third kappa shape index (κ3) is 6.13. The summed E-state index contributed by atoms with van der Waals surface area (Å²) < 4.78 is 11.0. The number of aromatic hydroxyl groups is 2. The van der Waals surface area contributed by atoms with Crippen LogP contribution >= 0.6 is 8.46 Å². The van der Waals surface area contributed by atoms with Crippen LogP contribution in [0.2, 0.25) is 0 Å². The van der Waals surface area contributed by atoms with E-state index in [1.165, 1.54) is 19.3 Å². The fourth-order valence-corrected chi connectivity index (χ4v) is 3.21. The van der Waals surface area contributed by atoms with Crippen LogP contribution in [0, 0.1) is 0 Å². The monoisotopic (exact) mass is 348 g/mol. The molecule has 2 aromatic rings. The first-order valence-corrected chi connectivity index (χ1v) is 9.57. The van der Waals surface area contributed by atoms with Crippen LogP contribution in [0.5, 0.6) is 11.5 Å². The molecule has 4 heteroatoms. The summed E-state index contributed by atoms with van der Waals surface area (Å²) in [5.74, 6) is 0.432. The van der Waals surface area contributed by atoms with Crippen LogP contribution in [0.4, 0.5) is 0 Å². The molecule has 0 bridgehead atoms. The van der Waals surface area contributed by atoms with E-state index in [4.69, 9.17) is 10.2 Å². The molecule has 0 aromatic heterocycles. The van der Waals surface area contributed by atoms with Gasteiger partial charge in [-0.15, -0.1) is 0 Å². The lowest BCUT2D eigenvalue weighted by atomic mass is 9.95. The second-order valence-corrected chi connectivity index (χ2v) is 7.33. The van der Waals surface area contributed by atoms with Crippen LogP contribution in [0.1, 0.15) is 59.3 Å². The molecule has 132 valence electrons. The summed E-state index contributed by atoms with van der Waals surface area (Å²) in [4.78, 5) is 0. The number of benzene rings is 2. The Bertz CT molecular complexity index is 599. The number of hydrogen-bond donors (Lipinski definition) is 2. The van der Waals surface area contributed by atoms with E-state index in [1.807, 2.05) is 12.1 Å². The minimum absolute atomic E-state index is 0.0924. The van der Waals surface area contributed by atoms with E-state index in [0.717, 1.165) is 30.0 Å². The third-order valence-electron chi connectivity index (χ3n) is 4.56. The van der Waals surface area contributed by atoms with E-state index < -0.39 is 0 Å². The van der Waals surface area contributed by atoms with Gasteiger partial charge in [0.15, 0.2) is 8.46 Å². The molecule has 0 amide bonds. The van der Waals surface area contributed by atoms with Gasteiger partial charge < -0.3 is 10.2 Å². The zero-order valence-corrected chi connectivity index (χ0v) is 15.9. The molecule has 0 radical (unpaired) electrons. The van der Waals surface area contributed by atoms with E-state index in [1.54, 1.807) is 24.3 Å². The fourth-order valence-electron chi connectivity index (χ4n) is 2.70. The Morgan fingerprint density at radius 2 is 1.42 bits per heavy atom. The first-order chi connectivity index (χ1) is 11.5. The minimum Gasteiger partial charge on any atom is -0.508 e. The second-order valence-electron chi connectivity index (χ2n) is 6.20. The van der Waals surface area contributed by atoms with E-state index >= 15 is 0 Å². The third-order valence-corrected chi connectivity index (χ3v) is 5.81. The number of hydrogen-bond acceptors (Lipinski definition) is 3. The van der Waals surface area contributed by atoms with Crippen molar-refractivity contribution in [3.63, 3.8) is 0 Å². The molecule has 2 aromatic carbocycles. The molecule has 0 aliphatic heterocycles. The average molecular weight is 348 g/mol. The molecular formula is C20H29O3P. The highest BCUT2D eigenvalue weighted by molar-refractivity contribution is 7.26. The van der Waals surface area contributed by atoms with Crippen molar-refractivity contribution < 1.29 is 14.8 Å². The Hall–Kier alpha value is -1.60. The maximum Gasteiger partial charge on any atom is 0.162 e. The van der Waals surface area contributed by atoms with Crippen molar-refractivity contribution in [1.29, 1.82) is 0 Å². The largest absolute Gasteiger partial charge is 0.508 e. The lowest BCUT2D eigenvalue weighted by Gasteiger charge is -2.23. The first kappa shape index (κ1) is 20.4. The summed E-state index contributed by atoms with van der Waals surface area (Å²) in [5, 5.41) is 20.2. The maximum absolute atomic E-state index is 11.0. The zero-order valence-electron chi connectivity index (χ0n) is 15.0. The summed E-state index contributed by atoms with van der Waals surface area (Å²) in [6, 6.07) is 10.1. The van der Waals surface area contributed by atoms with Crippen molar-refractivity contribution in [2.45, 2.75) is 64.5 Å². The highest BCUT2D eigenvalue weighted by Gasteiger charge is 2.25. The summed E-state index contributed by atoms with van der Waals surface area (Å²) in [6.07, 6.45) is 6.96. The van der Waals surface area contributed by atoms with Gasteiger partial charge in [0.2, 0.25) is 0 Å².